The third-order valence-corrected chi connectivity index (χ3v) is 1.64. The Balaban J connectivity index is 0.00000112. The van der Waals surface area contributed by atoms with Crippen LogP contribution < -0.4 is 4.74 Å². The van der Waals surface area contributed by atoms with E-state index in [1.165, 1.54) is 0 Å². The van der Waals surface area contributed by atoms with Crippen molar-refractivity contribution in [1.29, 1.82) is 0 Å². The van der Waals surface area contributed by atoms with Crippen LogP contribution in [0.2, 0.25) is 0 Å². The van der Waals surface area contributed by atoms with E-state index in [0.29, 0.717) is 17.3 Å². The van der Waals surface area contributed by atoms with E-state index in [0.717, 1.165) is 0 Å². The SMILES string of the molecule is [CH]c1cccc(Oc2[c-]cccc2)n1.[Y]. The molecule has 0 bridgehead atoms. The molecule has 0 aliphatic carbocycles. The maximum absolute atomic E-state index is 5.51. The first-order chi connectivity index (χ1) is 6.84. The monoisotopic (exact) mass is 271 g/mol. The molecular formula is C12H8NOY-. The number of ether oxygens (including phenoxy) is 1. The van der Waals surface area contributed by atoms with Gasteiger partial charge in [0.2, 0.25) is 5.88 Å². The molecule has 2 rings (SSSR count). The van der Waals surface area contributed by atoms with Crippen LogP contribution in [0.1, 0.15) is 5.69 Å². The van der Waals surface area contributed by atoms with Gasteiger partial charge in [-0.05, 0) is 6.07 Å². The number of para-hydroxylation sites is 1. The summed E-state index contributed by atoms with van der Waals surface area (Å²) in [6.45, 7) is 5.51. The van der Waals surface area contributed by atoms with Crippen molar-refractivity contribution in [2.75, 3.05) is 0 Å². The molecule has 1 heterocycles. The van der Waals surface area contributed by atoms with Gasteiger partial charge in [-0.1, -0.05) is 6.07 Å². The summed E-state index contributed by atoms with van der Waals surface area (Å²) in [6, 6.07) is 15.5. The smallest absolute Gasteiger partial charge is 0.216 e. The van der Waals surface area contributed by atoms with Crippen molar-refractivity contribution in [3.63, 3.8) is 0 Å². The fourth-order valence-electron chi connectivity index (χ4n) is 1.04. The molecule has 0 N–H and O–H groups in total. The van der Waals surface area contributed by atoms with Gasteiger partial charge in [0, 0.05) is 57.1 Å². The summed E-state index contributed by atoms with van der Waals surface area (Å²) in [5, 5.41) is 0. The molecular weight excluding hydrogens is 263 g/mol. The Kier molecular flexibility index (Phi) is 4.93. The summed E-state index contributed by atoms with van der Waals surface area (Å²) in [7, 11) is 0. The molecule has 15 heavy (non-hydrogen) atoms. The van der Waals surface area contributed by atoms with Gasteiger partial charge in [0.15, 0.2) is 0 Å². The van der Waals surface area contributed by atoms with E-state index in [4.69, 9.17) is 11.7 Å². The molecule has 0 aliphatic rings. The zero-order valence-electron chi connectivity index (χ0n) is 8.05. The Morgan fingerprint density at radius 3 is 2.67 bits per heavy atom. The first-order valence-electron chi connectivity index (χ1n) is 4.22. The summed E-state index contributed by atoms with van der Waals surface area (Å²) < 4.78 is 5.41. The molecule has 0 spiro atoms. The minimum absolute atomic E-state index is 0. The van der Waals surface area contributed by atoms with Gasteiger partial charge >= 0.3 is 0 Å². The van der Waals surface area contributed by atoms with Crippen LogP contribution >= 0.6 is 0 Å². The predicted octanol–water partition coefficient (Wildman–Crippen LogP) is 2.73. The molecule has 0 atom stereocenters. The summed E-state index contributed by atoms with van der Waals surface area (Å²) in [5.74, 6) is 1.11. The average molecular weight is 271 g/mol. The van der Waals surface area contributed by atoms with E-state index < -0.39 is 0 Å². The molecule has 0 fully saturated rings. The topological polar surface area (TPSA) is 22.1 Å². The van der Waals surface area contributed by atoms with Crippen molar-refractivity contribution in [2.24, 2.45) is 0 Å². The number of nitrogens with zero attached hydrogens (tertiary/aromatic N) is 1. The van der Waals surface area contributed by atoms with Gasteiger partial charge in [0.05, 0.1) is 0 Å². The van der Waals surface area contributed by atoms with Crippen LogP contribution in [0.5, 0.6) is 11.6 Å². The van der Waals surface area contributed by atoms with Crippen molar-refractivity contribution >= 4 is 0 Å². The number of benzene rings is 1. The van der Waals surface area contributed by atoms with Crippen LogP contribution in [-0.2, 0) is 32.7 Å². The van der Waals surface area contributed by atoms with Crippen molar-refractivity contribution in [3.8, 4) is 11.6 Å². The Morgan fingerprint density at radius 2 is 2.00 bits per heavy atom. The fourth-order valence-corrected chi connectivity index (χ4v) is 1.04. The first kappa shape index (κ1) is 12.3. The Bertz CT molecular complexity index is 417. The zero-order valence-corrected chi connectivity index (χ0v) is 10.9. The summed E-state index contributed by atoms with van der Waals surface area (Å²) >= 11 is 0. The second-order valence-electron chi connectivity index (χ2n) is 2.73. The van der Waals surface area contributed by atoms with E-state index in [2.05, 4.69) is 11.1 Å². The molecule has 1 aromatic heterocycles. The van der Waals surface area contributed by atoms with E-state index >= 15 is 0 Å². The Morgan fingerprint density at radius 1 is 1.13 bits per heavy atom. The van der Waals surface area contributed by atoms with E-state index in [1.807, 2.05) is 18.2 Å². The van der Waals surface area contributed by atoms with Crippen molar-refractivity contribution in [1.82, 2.24) is 4.98 Å². The van der Waals surface area contributed by atoms with Crippen LogP contribution in [0.3, 0.4) is 0 Å². The number of pyridine rings is 1. The third kappa shape index (κ3) is 3.73. The van der Waals surface area contributed by atoms with Gasteiger partial charge < -0.3 is 4.74 Å². The zero-order chi connectivity index (χ0) is 9.80. The van der Waals surface area contributed by atoms with Gasteiger partial charge in [0.1, 0.15) is 0 Å². The molecule has 0 saturated heterocycles. The molecule has 2 aromatic rings. The quantitative estimate of drug-likeness (QED) is 0.783. The molecule has 0 aliphatic heterocycles. The number of rotatable bonds is 2. The summed E-state index contributed by atoms with van der Waals surface area (Å²) in [6.07, 6.45) is 0. The molecule has 3 radical (unpaired) electrons. The summed E-state index contributed by atoms with van der Waals surface area (Å²) in [5.41, 5.74) is 0.443. The van der Waals surface area contributed by atoms with Crippen LogP contribution in [0.15, 0.2) is 42.5 Å². The number of aromatic nitrogens is 1. The van der Waals surface area contributed by atoms with Crippen molar-refractivity contribution in [3.05, 3.63) is 61.1 Å². The second kappa shape index (κ2) is 5.99. The molecule has 0 saturated carbocycles. The van der Waals surface area contributed by atoms with E-state index in [-0.39, 0.29) is 32.7 Å². The van der Waals surface area contributed by atoms with Crippen LogP contribution in [0, 0.1) is 13.0 Å². The molecule has 3 heteroatoms. The minimum Gasteiger partial charge on any atom is -0.466 e. The molecule has 0 unspecified atom stereocenters. The largest absolute Gasteiger partial charge is 0.466 e. The van der Waals surface area contributed by atoms with E-state index in [1.54, 1.807) is 24.3 Å². The summed E-state index contributed by atoms with van der Waals surface area (Å²) in [4.78, 5) is 4.00. The number of hydrogen-bond acceptors (Lipinski definition) is 2. The predicted molar refractivity (Wildman–Crippen MR) is 53.0 cm³/mol. The molecule has 0 amide bonds. The Hall–Kier alpha value is -0.726. The molecule has 1 aromatic carbocycles. The molecule has 71 valence electrons. The van der Waals surface area contributed by atoms with Gasteiger partial charge in [-0.3, -0.25) is 0 Å². The standard InChI is InChI=1S/C12H8NO.Y/c1-10-6-5-9-12(13-10)14-11-7-3-2-4-8-11;/h1-7,9H;/q-1;. The van der Waals surface area contributed by atoms with Gasteiger partial charge in [-0.2, -0.15) is 18.2 Å². The van der Waals surface area contributed by atoms with Gasteiger partial charge in [-0.15, -0.1) is 12.1 Å². The van der Waals surface area contributed by atoms with Crippen LogP contribution in [-0.4, -0.2) is 4.98 Å². The normalized spacial score (nSPS) is 9.13. The molecule has 2 nitrogen and oxygen atoms in total. The fraction of sp³-hybridized carbons (Fsp3) is 0. The van der Waals surface area contributed by atoms with Crippen LogP contribution in [0.4, 0.5) is 0 Å². The second-order valence-corrected chi connectivity index (χ2v) is 2.73. The first-order valence-corrected chi connectivity index (χ1v) is 4.22. The third-order valence-electron chi connectivity index (χ3n) is 1.64. The van der Waals surface area contributed by atoms with Gasteiger partial charge in [0.25, 0.3) is 0 Å². The van der Waals surface area contributed by atoms with E-state index in [9.17, 15) is 0 Å². The average Bonchev–Trinajstić information content (AvgIpc) is 2.19. The maximum Gasteiger partial charge on any atom is 0.216 e. The van der Waals surface area contributed by atoms with Crippen LogP contribution in [0.25, 0.3) is 0 Å². The maximum atomic E-state index is 5.51. The van der Waals surface area contributed by atoms with Crippen molar-refractivity contribution < 1.29 is 37.4 Å². The van der Waals surface area contributed by atoms with Gasteiger partial charge in [-0.25, -0.2) is 4.98 Å². The Labute approximate surface area is 115 Å². The number of hydrogen-bond donors (Lipinski definition) is 0. The minimum atomic E-state index is 0. The van der Waals surface area contributed by atoms with Crippen molar-refractivity contribution in [2.45, 2.75) is 0 Å².